The molecule has 3 nitrogen and oxygen atoms in total. The Morgan fingerprint density at radius 3 is 2.00 bits per heavy atom. The third-order valence-corrected chi connectivity index (χ3v) is 5.57. The molecule has 3 heteroatoms. The first-order chi connectivity index (χ1) is 14.1. The summed E-state index contributed by atoms with van der Waals surface area (Å²) in [5.74, 6) is 2.17. The Bertz CT molecular complexity index is 768. The molecule has 0 bridgehead atoms. The molecule has 2 unspecified atom stereocenters. The van der Waals surface area contributed by atoms with E-state index in [0.29, 0.717) is 11.8 Å². The minimum Gasteiger partial charge on any atom is -0.465 e. The van der Waals surface area contributed by atoms with Gasteiger partial charge in [0.2, 0.25) is 6.29 Å². The van der Waals surface area contributed by atoms with E-state index in [1.54, 1.807) is 0 Å². The molecule has 0 saturated carbocycles. The van der Waals surface area contributed by atoms with E-state index in [-0.39, 0.29) is 12.5 Å². The predicted octanol–water partition coefficient (Wildman–Crippen LogP) is 6.45. The van der Waals surface area contributed by atoms with Gasteiger partial charge in [-0.25, -0.2) is 0 Å². The van der Waals surface area contributed by atoms with Gasteiger partial charge in [0.1, 0.15) is 12.3 Å². The molecule has 0 saturated heterocycles. The summed E-state index contributed by atoms with van der Waals surface area (Å²) in [5, 5.41) is 0. The molecular weight excluding hydrogens is 370 g/mol. The first-order valence-corrected chi connectivity index (χ1v) is 11.4. The molecule has 166 valence electrons. The maximum atomic E-state index is 6.35. The lowest BCUT2D eigenvalue weighted by Gasteiger charge is -2.37. The second-order valence-corrected chi connectivity index (χ2v) is 9.93. The van der Waals surface area contributed by atoms with E-state index in [1.165, 1.54) is 16.7 Å². The van der Waals surface area contributed by atoms with E-state index in [1.807, 2.05) is 6.92 Å². The molecule has 0 radical (unpaired) electrons. The number of rotatable bonds is 11. The van der Waals surface area contributed by atoms with Gasteiger partial charge in [0, 0.05) is 12.5 Å². The summed E-state index contributed by atoms with van der Waals surface area (Å²) < 4.78 is 13.4. The normalized spacial score (nSPS) is 14.2. The molecule has 2 atom stereocenters. The van der Waals surface area contributed by atoms with Gasteiger partial charge in [-0.1, -0.05) is 70.2 Å². The third kappa shape index (κ3) is 7.45. The molecule has 30 heavy (non-hydrogen) atoms. The average Bonchev–Trinajstić information content (AvgIpc) is 2.64. The number of nitrogens with zero attached hydrogens (tertiary/aromatic N) is 1. The van der Waals surface area contributed by atoms with Crippen LogP contribution in [-0.2, 0) is 24.1 Å². The van der Waals surface area contributed by atoms with Crippen molar-refractivity contribution in [2.24, 2.45) is 11.8 Å². The standard InChI is InChI=1S/C27H42NO2/c1-20(2)17-25-15-12-16-27(26(25)18-21(3)4)30-23(6)29-22(5)28(7,8)19-24-13-10-9-11-14-24/h9-16,20-23H,17-19H2,1-8H3/q+1. The van der Waals surface area contributed by atoms with E-state index in [9.17, 15) is 0 Å². The Morgan fingerprint density at radius 2 is 1.40 bits per heavy atom. The van der Waals surface area contributed by atoms with Crippen LogP contribution in [0.25, 0.3) is 0 Å². The summed E-state index contributed by atoms with van der Waals surface area (Å²) in [7, 11) is 4.41. The van der Waals surface area contributed by atoms with Crippen LogP contribution in [0.15, 0.2) is 48.5 Å². The smallest absolute Gasteiger partial charge is 0.202 e. The Labute approximate surface area is 184 Å². The zero-order chi connectivity index (χ0) is 22.3. The van der Waals surface area contributed by atoms with Gasteiger partial charge in [0.05, 0.1) is 14.1 Å². The molecular formula is C27H42NO2+. The second-order valence-electron chi connectivity index (χ2n) is 9.93. The highest BCUT2D eigenvalue weighted by atomic mass is 16.7. The highest BCUT2D eigenvalue weighted by molar-refractivity contribution is 5.41. The van der Waals surface area contributed by atoms with Crippen molar-refractivity contribution in [1.29, 1.82) is 0 Å². The van der Waals surface area contributed by atoms with Crippen molar-refractivity contribution in [1.82, 2.24) is 0 Å². The van der Waals surface area contributed by atoms with Crippen LogP contribution in [0.1, 0.15) is 58.2 Å². The van der Waals surface area contributed by atoms with Gasteiger partial charge >= 0.3 is 0 Å². The van der Waals surface area contributed by atoms with Crippen molar-refractivity contribution in [2.45, 2.75) is 73.4 Å². The van der Waals surface area contributed by atoms with Crippen molar-refractivity contribution in [3.63, 3.8) is 0 Å². The molecule has 2 aromatic rings. The monoisotopic (exact) mass is 412 g/mol. The van der Waals surface area contributed by atoms with Crippen molar-refractivity contribution < 1.29 is 14.0 Å². The van der Waals surface area contributed by atoms with Crippen LogP contribution in [0.4, 0.5) is 0 Å². The zero-order valence-corrected chi connectivity index (χ0v) is 20.3. The second kappa shape index (κ2) is 11.0. The van der Waals surface area contributed by atoms with Crippen molar-refractivity contribution >= 4 is 0 Å². The molecule has 0 aliphatic carbocycles. The molecule has 0 heterocycles. The lowest BCUT2D eigenvalue weighted by molar-refractivity contribution is -0.949. The highest BCUT2D eigenvalue weighted by Gasteiger charge is 2.27. The van der Waals surface area contributed by atoms with Crippen LogP contribution >= 0.6 is 0 Å². The number of hydrogen-bond acceptors (Lipinski definition) is 2. The van der Waals surface area contributed by atoms with E-state index >= 15 is 0 Å². The van der Waals surface area contributed by atoms with Gasteiger partial charge < -0.3 is 4.74 Å². The minimum atomic E-state index is -0.312. The fourth-order valence-corrected chi connectivity index (χ4v) is 3.82. The minimum absolute atomic E-state index is 0.00704. The number of ether oxygens (including phenoxy) is 2. The SMILES string of the molecule is CC(C)Cc1cccc(OC(C)OC(C)[N+](C)(C)Cc2ccccc2)c1CC(C)C. The van der Waals surface area contributed by atoms with E-state index in [0.717, 1.165) is 29.6 Å². The molecule has 2 aromatic carbocycles. The molecule has 0 aliphatic heterocycles. The van der Waals surface area contributed by atoms with Crippen LogP contribution in [0.5, 0.6) is 5.75 Å². The van der Waals surface area contributed by atoms with Crippen molar-refractivity contribution in [3.8, 4) is 5.75 Å². The summed E-state index contributed by atoms with van der Waals surface area (Å²) in [5.41, 5.74) is 4.05. The number of benzene rings is 2. The van der Waals surface area contributed by atoms with Gasteiger partial charge in [0.15, 0.2) is 6.23 Å². The molecule has 0 aliphatic rings. The van der Waals surface area contributed by atoms with Crippen molar-refractivity contribution in [3.05, 3.63) is 65.2 Å². The maximum Gasteiger partial charge on any atom is 0.202 e. The van der Waals surface area contributed by atoms with Crippen LogP contribution in [0, 0.1) is 11.8 Å². The quantitative estimate of drug-likeness (QED) is 0.312. The van der Waals surface area contributed by atoms with Gasteiger partial charge in [-0.15, -0.1) is 0 Å². The van der Waals surface area contributed by atoms with Crippen LogP contribution in [-0.4, -0.2) is 31.1 Å². The van der Waals surface area contributed by atoms with Gasteiger partial charge in [-0.05, 0) is 48.8 Å². The van der Waals surface area contributed by atoms with E-state index < -0.39 is 0 Å². The van der Waals surface area contributed by atoms with Crippen molar-refractivity contribution in [2.75, 3.05) is 14.1 Å². The van der Waals surface area contributed by atoms with Crippen LogP contribution in [0.3, 0.4) is 0 Å². The first kappa shape index (κ1) is 24.4. The maximum absolute atomic E-state index is 6.35. The summed E-state index contributed by atoms with van der Waals surface area (Å²) in [6, 6.07) is 17.0. The molecule has 0 amide bonds. The summed E-state index contributed by atoms with van der Waals surface area (Å²) in [6.07, 6.45) is 1.79. The molecule has 0 aromatic heterocycles. The summed E-state index contributed by atoms with van der Waals surface area (Å²) in [6.45, 7) is 14.1. The Hall–Kier alpha value is -1.84. The Balaban J connectivity index is 2.10. The van der Waals surface area contributed by atoms with E-state index in [2.05, 4.69) is 97.2 Å². The molecule has 0 N–H and O–H groups in total. The van der Waals surface area contributed by atoms with Gasteiger partial charge in [-0.3, -0.25) is 9.22 Å². The lowest BCUT2D eigenvalue weighted by atomic mass is 9.92. The fraction of sp³-hybridized carbons (Fsp3) is 0.556. The largest absolute Gasteiger partial charge is 0.465 e. The lowest BCUT2D eigenvalue weighted by Crippen LogP contribution is -2.49. The number of hydrogen-bond donors (Lipinski definition) is 0. The number of quaternary nitrogens is 1. The molecule has 2 rings (SSSR count). The molecule has 0 spiro atoms. The first-order valence-electron chi connectivity index (χ1n) is 11.4. The predicted molar refractivity (Wildman–Crippen MR) is 126 cm³/mol. The molecule has 0 fully saturated rings. The summed E-state index contributed by atoms with van der Waals surface area (Å²) >= 11 is 0. The topological polar surface area (TPSA) is 18.5 Å². The fourth-order valence-electron chi connectivity index (χ4n) is 3.82. The third-order valence-electron chi connectivity index (χ3n) is 5.57. The van der Waals surface area contributed by atoms with Gasteiger partial charge in [-0.2, -0.15) is 0 Å². The van der Waals surface area contributed by atoms with Crippen LogP contribution in [0.2, 0.25) is 0 Å². The Morgan fingerprint density at radius 1 is 0.767 bits per heavy atom. The van der Waals surface area contributed by atoms with E-state index in [4.69, 9.17) is 9.47 Å². The average molecular weight is 413 g/mol. The zero-order valence-electron chi connectivity index (χ0n) is 20.3. The highest BCUT2D eigenvalue weighted by Crippen LogP contribution is 2.29. The summed E-state index contributed by atoms with van der Waals surface area (Å²) in [4.78, 5) is 0. The van der Waals surface area contributed by atoms with Crippen LogP contribution < -0.4 is 4.74 Å². The van der Waals surface area contributed by atoms with Gasteiger partial charge in [0.25, 0.3) is 0 Å². The Kier molecular flexibility index (Phi) is 8.93.